The Hall–Kier alpha value is -0.580. The number of guanidine groups is 1. The number of nitrogens with one attached hydrogen (secondary N) is 2. The second-order valence-corrected chi connectivity index (χ2v) is 8.52. The third kappa shape index (κ3) is 6.47. The summed E-state index contributed by atoms with van der Waals surface area (Å²) in [5.41, 5.74) is 1.27. The maximum Gasteiger partial charge on any atom is 0.191 e. The summed E-state index contributed by atoms with van der Waals surface area (Å²) >= 11 is 3.67. The van der Waals surface area contributed by atoms with Crippen molar-refractivity contribution in [3.63, 3.8) is 0 Å². The topological polar surface area (TPSA) is 46.1 Å². The third-order valence-corrected chi connectivity index (χ3v) is 6.34. The number of piperazine rings is 1. The van der Waals surface area contributed by atoms with Gasteiger partial charge in [-0.05, 0) is 48.5 Å². The molecule has 1 aromatic rings. The van der Waals surface area contributed by atoms with E-state index in [0.717, 1.165) is 62.7 Å². The van der Waals surface area contributed by atoms with Gasteiger partial charge in [0.1, 0.15) is 0 Å². The van der Waals surface area contributed by atoms with Gasteiger partial charge in [-0.15, -0.1) is 24.0 Å². The van der Waals surface area contributed by atoms with E-state index in [0.29, 0.717) is 12.1 Å². The number of anilines is 1. The van der Waals surface area contributed by atoms with Crippen LogP contribution in [-0.4, -0.2) is 87.8 Å². The lowest BCUT2D eigenvalue weighted by molar-refractivity contribution is 0.120. The van der Waals surface area contributed by atoms with Crippen LogP contribution >= 0.6 is 39.9 Å². The molecule has 6 nitrogen and oxygen atoms in total. The molecule has 2 aliphatic heterocycles. The first-order chi connectivity index (χ1) is 13.1. The van der Waals surface area contributed by atoms with Gasteiger partial charge in [0.25, 0.3) is 0 Å². The number of hydrogen-bond donors (Lipinski definition) is 2. The van der Waals surface area contributed by atoms with E-state index in [9.17, 15) is 0 Å². The molecule has 0 aromatic heterocycles. The Morgan fingerprint density at radius 3 is 2.61 bits per heavy atom. The van der Waals surface area contributed by atoms with Gasteiger partial charge in [-0.25, -0.2) is 0 Å². The predicted molar refractivity (Wildman–Crippen MR) is 133 cm³/mol. The zero-order valence-corrected chi connectivity index (χ0v) is 21.1. The minimum absolute atomic E-state index is 0. The van der Waals surface area contributed by atoms with E-state index in [1.54, 1.807) is 0 Å². The summed E-state index contributed by atoms with van der Waals surface area (Å²) in [7, 11) is 4.06. The van der Waals surface area contributed by atoms with Gasteiger partial charge in [0.15, 0.2) is 5.96 Å². The number of rotatable bonds is 5. The third-order valence-electron chi connectivity index (χ3n) is 5.67. The first-order valence-electron chi connectivity index (χ1n) is 9.96. The molecular formula is C20H34BrIN6. The molecule has 2 N–H and O–H groups in total. The molecule has 2 heterocycles. The van der Waals surface area contributed by atoms with Crippen molar-refractivity contribution in [2.75, 3.05) is 64.8 Å². The Morgan fingerprint density at radius 2 is 1.93 bits per heavy atom. The molecule has 0 radical (unpaired) electrons. The molecule has 2 saturated heterocycles. The maximum absolute atomic E-state index is 4.44. The van der Waals surface area contributed by atoms with Crippen molar-refractivity contribution >= 4 is 51.6 Å². The number of aliphatic imine (C=N–C) groups is 1. The van der Waals surface area contributed by atoms with Gasteiger partial charge in [-0.3, -0.25) is 9.89 Å². The average Bonchev–Trinajstić information content (AvgIpc) is 3.14. The average molecular weight is 565 g/mol. The van der Waals surface area contributed by atoms with Crippen LogP contribution in [0.5, 0.6) is 0 Å². The Morgan fingerprint density at radius 1 is 1.21 bits per heavy atom. The standard InChI is InChI=1S/C20H33BrN6.HI/c1-16(26-12-10-25(3)11-13-26)14-23-20(22-2)24-17-8-9-27(15-17)19-7-5-4-6-18(19)21;/h4-7,16-17H,8-15H2,1-3H3,(H2,22,23,24);1H. The second-order valence-electron chi connectivity index (χ2n) is 7.67. The molecule has 2 aliphatic rings. The first-order valence-corrected chi connectivity index (χ1v) is 10.8. The number of para-hydroxylation sites is 1. The fraction of sp³-hybridized carbons (Fsp3) is 0.650. The van der Waals surface area contributed by atoms with E-state index >= 15 is 0 Å². The number of halogens is 2. The quantitative estimate of drug-likeness (QED) is 0.327. The lowest BCUT2D eigenvalue weighted by Gasteiger charge is -2.36. The van der Waals surface area contributed by atoms with Gasteiger partial charge < -0.3 is 20.4 Å². The highest BCUT2D eigenvalue weighted by atomic mass is 127. The van der Waals surface area contributed by atoms with E-state index in [1.165, 1.54) is 5.69 Å². The summed E-state index contributed by atoms with van der Waals surface area (Å²) < 4.78 is 1.16. The second kappa shape index (κ2) is 11.6. The summed E-state index contributed by atoms with van der Waals surface area (Å²) in [5.74, 6) is 0.912. The van der Waals surface area contributed by atoms with Crippen molar-refractivity contribution in [2.45, 2.75) is 25.4 Å². The monoisotopic (exact) mass is 564 g/mol. The van der Waals surface area contributed by atoms with Crippen molar-refractivity contribution in [3.05, 3.63) is 28.7 Å². The zero-order chi connectivity index (χ0) is 19.2. The first kappa shape index (κ1) is 23.7. The maximum atomic E-state index is 4.44. The largest absolute Gasteiger partial charge is 0.368 e. The van der Waals surface area contributed by atoms with Crippen LogP contribution in [0.25, 0.3) is 0 Å². The fourth-order valence-electron chi connectivity index (χ4n) is 3.83. The minimum Gasteiger partial charge on any atom is -0.368 e. The zero-order valence-electron chi connectivity index (χ0n) is 17.2. The van der Waals surface area contributed by atoms with Gasteiger partial charge in [-0.1, -0.05) is 12.1 Å². The minimum atomic E-state index is 0. The number of nitrogens with zero attached hydrogens (tertiary/aromatic N) is 4. The summed E-state index contributed by atoms with van der Waals surface area (Å²) in [5, 5.41) is 7.13. The normalized spacial score (nSPS) is 22.6. The molecule has 3 rings (SSSR count). The van der Waals surface area contributed by atoms with Crippen molar-refractivity contribution in [1.82, 2.24) is 20.4 Å². The molecule has 2 atom stereocenters. The highest BCUT2D eigenvalue weighted by Gasteiger charge is 2.25. The molecule has 28 heavy (non-hydrogen) atoms. The van der Waals surface area contributed by atoms with E-state index in [4.69, 9.17) is 0 Å². The Balaban J connectivity index is 0.00000280. The highest BCUT2D eigenvalue weighted by Crippen LogP contribution is 2.28. The molecule has 0 bridgehead atoms. The van der Waals surface area contributed by atoms with E-state index in [1.807, 2.05) is 7.05 Å². The summed E-state index contributed by atoms with van der Waals surface area (Å²) in [6, 6.07) is 9.38. The fourth-order valence-corrected chi connectivity index (χ4v) is 4.36. The van der Waals surface area contributed by atoms with Crippen molar-refractivity contribution < 1.29 is 0 Å². The smallest absolute Gasteiger partial charge is 0.191 e. The lowest BCUT2D eigenvalue weighted by Crippen LogP contribution is -2.53. The van der Waals surface area contributed by atoms with Gasteiger partial charge >= 0.3 is 0 Å². The van der Waals surface area contributed by atoms with Gasteiger partial charge in [0, 0.05) is 69.4 Å². The van der Waals surface area contributed by atoms with Crippen LogP contribution in [0.1, 0.15) is 13.3 Å². The molecular weight excluding hydrogens is 531 g/mol. The van der Waals surface area contributed by atoms with Gasteiger partial charge in [-0.2, -0.15) is 0 Å². The highest BCUT2D eigenvalue weighted by molar-refractivity contribution is 14.0. The Bertz CT molecular complexity index is 635. The van der Waals surface area contributed by atoms with Crippen LogP contribution in [0.3, 0.4) is 0 Å². The predicted octanol–water partition coefficient (Wildman–Crippen LogP) is 2.45. The molecule has 0 spiro atoms. The summed E-state index contributed by atoms with van der Waals surface area (Å²) in [6.07, 6.45) is 1.12. The number of hydrogen-bond acceptors (Lipinski definition) is 4. The Kier molecular flexibility index (Phi) is 9.79. The van der Waals surface area contributed by atoms with Crippen molar-refractivity contribution in [3.8, 4) is 0 Å². The SMILES string of the molecule is CN=C(NCC(C)N1CCN(C)CC1)NC1CCN(c2ccccc2Br)C1.I. The summed E-state index contributed by atoms with van der Waals surface area (Å²) in [6.45, 7) is 9.89. The van der Waals surface area contributed by atoms with Crippen LogP contribution in [-0.2, 0) is 0 Å². The Labute approximate surface area is 195 Å². The lowest BCUT2D eigenvalue weighted by atomic mass is 10.2. The van der Waals surface area contributed by atoms with Crippen LogP contribution in [0.15, 0.2) is 33.7 Å². The molecule has 2 fully saturated rings. The van der Waals surface area contributed by atoms with Crippen molar-refractivity contribution in [1.29, 1.82) is 0 Å². The van der Waals surface area contributed by atoms with Gasteiger partial charge in [0.2, 0.25) is 0 Å². The van der Waals surface area contributed by atoms with E-state index in [2.05, 4.69) is 84.5 Å². The molecule has 0 aliphatic carbocycles. The van der Waals surface area contributed by atoms with Crippen LogP contribution in [0, 0.1) is 0 Å². The van der Waals surface area contributed by atoms with Crippen LogP contribution < -0.4 is 15.5 Å². The van der Waals surface area contributed by atoms with Crippen LogP contribution in [0.4, 0.5) is 5.69 Å². The van der Waals surface area contributed by atoms with E-state index in [-0.39, 0.29) is 24.0 Å². The van der Waals surface area contributed by atoms with E-state index < -0.39 is 0 Å². The van der Waals surface area contributed by atoms with Crippen LogP contribution in [0.2, 0.25) is 0 Å². The number of benzene rings is 1. The van der Waals surface area contributed by atoms with Crippen molar-refractivity contribution in [2.24, 2.45) is 4.99 Å². The molecule has 8 heteroatoms. The van der Waals surface area contributed by atoms with Gasteiger partial charge in [0.05, 0.1) is 5.69 Å². The molecule has 0 amide bonds. The summed E-state index contributed by atoms with van der Waals surface area (Å²) in [4.78, 5) is 11.8. The molecule has 0 saturated carbocycles. The molecule has 2 unspecified atom stereocenters. The number of likely N-dealkylation sites (N-methyl/N-ethyl adjacent to an activating group) is 1. The molecule has 158 valence electrons. The molecule has 1 aromatic carbocycles.